The highest BCUT2D eigenvalue weighted by Gasteiger charge is 2.37. The maximum atomic E-state index is 13.1. The number of benzene rings is 1. The summed E-state index contributed by atoms with van der Waals surface area (Å²) < 4.78 is 39.9. The summed E-state index contributed by atoms with van der Waals surface area (Å²) in [5.74, 6) is -0.112. The molecule has 1 aliphatic carbocycles. The molecule has 1 saturated carbocycles. The summed E-state index contributed by atoms with van der Waals surface area (Å²) in [4.78, 5) is 0. The third-order valence-electron chi connectivity index (χ3n) is 4.83. The molecule has 1 aliphatic rings. The number of hydrogen-bond donors (Lipinski definition) is 1. The second kappa shape index (κ2) is 6.59. The van der Waals surface area contributed by atoms with Gasteiger partial charge in [-0.05, 0) is 30.0 Å². The summed E-state index contributed by atoms with van der Waals surface area (Å²) in [6.45, 7) is 0. The Hall–Kier alpha value is -2.64. The Bertz CT molecular complexity index is 887. The number of alkyl halides is 3. The Morgan fingerprint density at radius 2 is 1.85 bits per heavy atom. The molecule has 2 aromatic heterocycles. The minimum Gasteiger partial charge on any atom is -0.362 e. The topological polar surface area (TPSA) is 55.1 Å². The van der Waals surface area contributed by atoms with Crippen molar-refractivity contribution in [3.8, 4) is 0 Å². The molecule has 0 radical (unpaired) electrons. The zero-order chi connectivity index (χ0) is 18.1. The molecule has 8 heteroatoms. The van der Waals surface area contributed by atoms with Gasteiger partial charge < -0.3 is 5.32 Å². The highest BCUT2D eigenvalue weighted by Crippen LogP contribution is 2.36. The van der Waals surface area contributed by atoms with Crippen molar-refractivity contribution in [2.24, 2.45) is 5.92 Å². The maximum Gasteiger partial charge on any atom is 0.453 e. The van der Waals surface area contributed by atoms with Crippen LogP contribution in [0.1, 0.15) is 43.1 Å². The molecule has 0 aliphatic heterocycles. The summed E-state index contributed by atoms with van der Waals surface area (Å²) in [7, 11) is 0. The molecule has 1 atom stereocenters. The molecule has 1 N–H and O–H groups in total. The second-order valence-electron chi connectivity index (χ2n) is 6.65. The van der Waals surface area contributed by atoms with Gasteiger partial charge in [0.1, 0.15) is 5.82 Å². The number of nitrogens with one attached hydrogen (secondary N) is 1. The van der Waals surface area contributed by atoms with Crippen LogP contribution in [0.2, 0.25) is 0 Å². The zero-order valence-corrected chi connectivity index (χ0v) is 13.9. The highest BCUT2D eigenvalue weighted by atomic mass is 19.4. The van der Waals surface area contributed by atoms with Gasteiger partial charge in [0.15, 0.2) is 5.65 Å². The predicted octanol–water partition coefficient (Wildman–Crippen LogP) is 4.49. The van der Waals surface area contributed by atoms with E-state index >= 15 is 0 Å². The van der Waals surface area contributed by atoms with E-state index in [1.54, 1.807) is 6.07 Å². The van der Waals surface area contributed by atoms with E-state index in [2.05, 4.69) is 20.6 Å². The smallest absolute Gasteiger partial charge is 0.362 e. The first-order valence-corrected chi connectivity index (χ1v) is 8.62. The number of halogens is 3. The van der Waals surface area contributed by atoms with Crippen LogP contribution in [0.5, 0.6) is 0 Å². The van der Waals surface area contributed by atoms with Crippen molar-refractivity contribution >= 4 is 11.5 Å². The lowest BCUT2D eigenvalue weighted by atomic mass is 9.79. The van der Waals surface area contributed by atoms with Crippen molar-refractivity contribution in [2.45, 2.75) is 37.9 Å². The van der Waals surface area contributed by atoms with E-state index in [1.807, 2.05) is 30.3 Å². The van der Waals surface area contributed by atoms with E-state index in [1.165, 1.54) is 25.3 Å². The molecular formula is C18H18F3N5. The molecule has 3 aromatic rings. The van der Waals surface area contributed by atoms with E-state index in [0.29, 0.717) is 11.7 Å². The third kappa shape index (κ3) is 3.36. The summed E-state index contributed by atoms with van der Waals surface area (Å²) in [6, 6.07) is 13.0. The van der Waals surface area contributed by atoms with E-state index in [4.69, 9.17) is 0 Å². The molecule has 0 saturated heterocycles. The van der Waals surface area contributed by atoms with Crippen LogP contribution in [-0.2, 0) is 6.18 Å². The van der Waals surface area contributed by atoms with E-state index in [0.717, 1.165) is 16.5 Å². The quantitative estimate of drug-likeness (QED) is 0.728. The van der Waals surface area contributed by atoms with Gasteiger partial charge in [0.05, 0.1) is 6.04 Å². The van der Waals surface area contributed by atoms with Crippen molar-refractivity contribution in [3.05, 3.63) is 53.9 Å². The number of fused-ring (bicyclic) bond motifs is 1. The predicted molar refractivity (Wildman–Crippen MR) is 90.5 cm³/mol. The normalized spacial score (nSPS) is 16.4. The van der Waals surface area contributed by atoms with E-state index < -0.39 is 12.0 Å². The standard InChI is InChI=1S/C18H18F3N5/c19-18(20,21)17-24-23-16-10-9-15(25-26(16)17)22-14(11-12-5-4-6-12)13-7-2-1-3-8-13/h1-3,7-10,12,14H,4-6,11H2,(H,22,25). The number of rotatable bonds is 5. The molecule has 0 amide bonds. The van der Waals surface area contributed by atoms with Crippen molar-refractivity contribution in [1.82, 2.24) is 19.8 Å². The van der Waals surface area contributed by atoms with E-state index in [-0.39, 0.29) is 11.7 Å². The van der Waals surface area contributed by atoms with Crippen LogP contribution in [-0.4, -0.2) is 19.8 Å². The molecule has 1 fully saturated rings. The van der Waals surface area contributed by atoms with Crippen LogP contribution in [0.15, 0.2) is 42.5 Å². The Morgan fingerprint density at radius 1 is 1.08 bits per heavy atom. The van der Waals surface area contributed by atoms with Gasteiger partial charge in [-0.2, -0.15) is 17.7 Å². The third-order valence-corrected chi connectivity index (χ3v) is 4.83. The molecule has 0 bridgehead atoms. The number of anilines is 1. The average Bonchev–Trinajstić information content (AvgIpc) is 3.01. The lowest BCUT2D eigenvalue weighted by molar-refractivity contribution is -0.146. The van der Waals surface area contributed by atoms with Crippen molar-refractivity contribution in [3.63, 3.8) is 0 Å². The molecule has 5 nitrogen and oxygen atoms in total. The van der Waals surface area contributed by atoms with Crippen LogP contribution < -0.4 is 5.32 Å². The first kappa shape index (κ1) is 16.8. The van der Waals surface area contributed by atoms with Gasteiger partial charge in [-0.1, -0.05) is 49.6 Å². The lowest BCUT2D eigenvalue weighted by Crippen LogP contribution is -2.21. The van der Waals surface area contributed by atoms with Crippen molar-refractivity contribution < 1.29 is 13.2 Å². The summed E-state index contributed by atoms with van der Waals surface area (Å²) in [6.07, 6.45) is -0.0395. The van der Waals surface area contributed by atoms with Gasteiger partial charge in [0.2, 0.25) is 0 Å². The van der Waals surface area contributed by atoms with Crippen molar-refractivity contribution in [2.75, 3.05) is 5.32 Å². The van der Waals surface area contributed by atoms with Crippen molar-refractivity contribution in [1.29, 1.82) is 0 Å². The van der Waals surface area contributed by atoms with Crippen LogP contribution in [0.25, 0.3) is 5.65 Å². The van der Waals surface area contributed by atoms with Gasteiger partial charge >= 0.3 is 6.18 Å². The molecule has 1 unspecified atom stereocenters. The number of hydrogen-bond acceptors (Lipinski definition) is 4. The lowest BCUT2D eigenvalue weighted by Gasteiger charge is -2.30. The molecule has 2 heterocycles. The molecule has 0 spiro atoms. The monoisotopic (exact) mass is 361 g/mol. The first-order valence-electron chi connectivity index (χ1n) is 8.62. The fraction of sp³-hybridized carbons (Fsp3) is 0.389. The zero-order valence-electron chi connectivity index (χ0n) is 13.9. The largest absolute Gasteiger partial charge is 0.453 e. The minimum absolute atomic E-state index is 0.00253. The SMILES string of the molecule is FC(F)(F)c1nnc2ccc(NC(CC3CCC3)c3ccccc3)nn12. The highest BCUT2D eigenvalue weighted by molar-refractivity contribution is 5.45. The molecular weight excluding hydrogens is 343 g/mol. The fourth-order valence-corrected chi connectivity index (χ4v) is 3.25. The first-order chi connectivity index (χ1) is 12.5. The molecule has 1 aromatic carbocycles. The van der Waals surface area contributed by atoms with Crippen LogP contribution in [0.3, 0.4) is 0 Å². The average molecular weight is 361 g/mol. The van der Waals surface area contributed by atoms with Gasteiger partial charge in [0.25, 0.3) is 5.82 Å². The maximum absolute atomic E-state index is 13.1. The van der Waals surface area contributed by atoms with Crippen LogP contribution in [0, 0.1) is 5.92 Å². The Labute approximate surface area is 148 Å². The Balaban J connectivity index is 1.64. The fourth-order valence-electron chi connectivity index (χ4n) is 3.25. The Kier molecular flexibility index (Phi) is 4.26. The molecule has 4 rings (SSSR count). The van der Waals surface area contributed by atoms with Gasteiger partial charge in [0, 0.05) is 0 Å². The minimum atomic E-state index is -4.60. The van der Waals surface area contributed by atoms with Gasteiger partial charge in [-0.3, -0.25) is 0 Å². The van der Waals surface area contributed by atoms with Gasteiger partial charge in [-0.25, -0.2) is 0 Å². The van der Waals surface area contributed by atoms with Gasteiger partial charge in [-0.15, -0.1) is 15.3 Å². The number of nitrogens with zero attached hydrogens (tertiary/aromatic N) is 4. The number of aromatic nitrogens is 4. The molecule has 26 heavy (non-hydrogen) atoms. The summed E-state index contributed by atoms with van der Waals surface area (Å²) in [5, 5.41) is 14.1. The second-order valence-corrected chi connectivity index (χ2v) is 6.65. The van der Waals surface area contributed by atoms with E-state index in [9.17, 15) is 13.2 Å². The summed E-state index contributed by atoms with van der Waals surface area (Å²) >= 11 is 0. The summed E-state index contributed by atoms with van der Waals surface area (Å²) in [5.41, 5.74) is 1.17. The van der Waals surface area contributed by atoms with Crippen LogP contribution in [0.4, 0.5) is 19.0 Å². The molecule has 136 valence electrons. The Morgan fingerprint density at radius 3 is 2.50 bits per heavy atom. The van der Waals surface area contributed by atoms with Crippen LogP contribution >= 0.6 is 0 Å².